The van der Waals surface area contributed by atoms with Crippen molar-refractivity contribution in [1.82, 2.24) is 0 Å². The molecular weight excluding hydrogens is 176 g/mol. The zero-order valence-corrected chi connectivity index (χ0v) is 8.11. The van der Waals surface area contributed by atoms with Crippen molar-refractivity contribution >= 4 is 0 Å². The first-order valence-electron chi connectivity index (χ1n) is 4.57. The first-order chi connectivity index (χ1) is 6.69. The fraction of sp³-hybridized carbons (Fsp3) is 0.273. The van der Waals surface area contributed by atoms with Crippen LogP contribution in [0.2, 0.25) is 0 Å². The predicted molar refractivity (Wildman–Crippen MR) is 58.0 cm³/mol. The summed E-state index contributed by atoms with van der Waals surface area (Å²) in [5, 5.41) is 9.50. The summed E-state index contributed by atoms with van der Waals surface area (Å²) in [6.45, 7) is 4.03. The lowest BCUT2D eigenvalue weighted by atomic mass is 10.0. The van der Waals surface area contributed by atoms with Gasteiger partial charge in [0.05, 0.1) is 0 Å². The second-order valence-corrected chi connectivity index (χ2v) is 3.22. The molecular formula is C11H16N2O. The smallest absolute Gasteiger partial charge is 0.119 e. The van der Waals surface area contributed by atoms with Crippen LogP contribution < -0.4 is 11.5 Å². The van der Waals surface area contributed by atoms with E-state index >= 15 is 0 Å². The van der Waals surface area contributed by atoms with Crippen molar-refractivity contribution < 1.29 is 5.11 Å². The molecule has 0 heterocycles. The quantitative estimate of drug-likeness (QED) is 0.625. The Morgan fingerprint density at radius 2 is 2.21 bits per heavy atom. The van der Waals surface area contributed by atoms with Crippen LogP contribution in [-0.4, -0.2) is 11.7 Å². The summed E-state index contributed by atoms with van der Waals surface area (Å²) < 4.78 is 0. The van der Waals surface area contributed by atoms with E-state index in [1.807, 2.05) is 6.07 Å². The van der Waals surface area contributed by atoms with Gasteiger partial charge in [-0.15, -0.1) is 6.58 Å². The third-order valence-electron chi connectivity index (χ3n) is 2.15. The van der Waals surface area contributed by atoms with Crippen LogP contribution in [0.15, 0.2) is 30.9 Å². The maximum Gasteiger partial charge on any atom is 0.119 e. The zero-order valence-electron chi connectivity index (χ0n) is 8.11. The maximum atomic E-state index is 9.50. The average Bonchev–Trinajstić information content (AvgIpc) is 2.20. The van der Waals surface area contributed by atoms with Gasteiger partial charge in [0, 0.05) is 12.6 Å². The standard InChI is InChI=1S/C11H16N2O/c1-2-3-9-6-8(10(13)7-12)4-5-11(9)14/h2,4-6,10,14H,1,3,7,12-13H2/t10-/m0/s1. The SMILES string of the molecule is C=CCc1cc([C@@H](N)CN)ccc1O. The molecule has 0 saturated heterocycles. The number of phenols is 1. The highest BCUT2D eigenvalue weighted by atomic mass is 16.3. The maximum absolute atomic E-state index is 9.50. The molecule has 0 bridgehead atoms. The third kappa shape index (κ3) is 2.34. The number of allylic oxidation sites excluding steroid dienone is 1. The highest BCUT2D eigenvalue weighted by Crippen LogP contribution is 2.21. The Morgan fingerprint density at radius 1 is 1.50 bits per heavy atom. The van der Waals surface area contributed by atoms with Crippen LogP contribution in [0.25, 0.3) is 0 Å². The van der Waals surface area contributed by atoms with Gasteiger partial charge in [0.2, 0.25) is 0 Å². The molecule has 0 unspecified atom stereocenters. The Labute approximate surface area is 84.0 Å². The van der Waals surface area contributed by atoms with Crippen molar-refractivity contribution in [3.05, 3.63) is 42.0 Å². The van der Waals surface area contributed by atoms with Gasteiger partial charge in [0.1, 0.15) is 5.75 Å². The van der Waals surface area contributed by atoms with E-state index in [1.54, 1.807) is 18.2 Å². The van der Waals surface area contributed by atoms with Gasteiger partial charge in [-0.2, -0.15) is 0 Å². The first kappa shape index (κ1) is 10.8. The zero-order chi connectivity index (χ0) is 10.6. The van der Waals surface area contributed by atoms with E-state index in [9.17, 15) is 5.11 Å². The molecule has 3 heteroatoms. The molecule has 0 saturated carbocycles. The number of rotatable bonds is 4. The van der Waals surface area contributed by atoms with Crippen LogP contribution in [0, 0.1) is 0 Å². The number of aromatic hydroxyl groups is 1. The molecule has 14 heavy (non-hydrogen) atoms. The molecule has 0 aromatic heterocycles. The molecule has 76 valence electrons. The summed E-state index contributed by atoms with van der Waals surface area (Å²) in [5.41, 5.74) is 13.0. The van der Waals surface area contributed by atoms with Crippen LogP contribution in [-0.2, 0) is 6.42 Å². The summed E-state index contributed by atoms with van der Waals surface area (Å²) >= 11 is 0. The van der Waals surface area contributed by atoms with Gasteiger partial charge in [-0.25, -0.2) is 0 Å². The Balaban J connectivity index is 2.99. The normalized spacial score (nSPS) is 12.4. The number of nitrogens with two attached hydrogens (primary N) is 2. The third-order valence-corrected chi connectivity index (χ3v) is 2.15. The largest absolute Gasteiger partial charge is 0.508 e. The first-order valence-corrected chi connectivity index (χ1v) is 4.57. The van der Waals surface area contributed by atoms with Crippen molar-refractivity contribution in [2.45, 2.75) is 12.5 Å². The molecule has 1 rings (SSSR count). The molecule has 0 radical (unpaired) electrons. The van der Waals surface area contributed by atoms with Crippen LogP contribution in [0.1, 0.15) is 17.2 Å². The van der Waals surface area contributed by atoms with Gasteiger partial charge in [-0.1, -0.05) is 18.2 Å². The lowest BCUT2D eigenvalue weighted by Crippen LogP contribution is -2.20. The van der Waals surface area contributed by atoms with E-state index in [0.29, 0.717) is 13.0 Å². The monoisotopic (exact) mass is 192 g/mol. The summed E-state index contributed by atoms with van der Waals surface area (Å²) in [6, 6.07) is 5.14. The van der Waals surface area contributed by atoms with Crippen molar-refractivity contribution in [1.29, 1.82) is 0 Å². The Kier molecular flexibility index (Phi) is 3.68. The molecule has 0 aliphatic heterocycles. The van der Waals surface area contributed by atoms with E-state index in [2.05, 4.69) is 6.58 Å². The molecule has 0 amide bonds. The fourth-order valence-corrected chi connectivity index (χ4v) is 1.29. The minimum Gasteiger partial charge on any atom is -0.508 e. The molecule has 3 nitrogen and oxygen atoms in total. The summed E-state index contributed by atoms with van der Waals surface area (Å²) in [7, 11) is 0. The minimum atomic E-state index is -0.167. The van der Waals surface area contributed by atoms with Gasteiger partial charge in [0.15, 0.2) is 0 Å². The van der Waals surface area contributed by atoms with E-state index in [4.69, 9.17) is 11.5 Å². The van der Waals surface area contributed by atoms with E-state index in [-0.39, 0.29) is 11.8 Å². The molecule has 1 aromatic carbocycles. The van der Waals surface area contributed by atoms with Crippen LogP contribution >= 0.6 is 0 Å². The molecule has 0 spiro atoms. The van der Waals surface area contributed by atoms with E-state index in [0.717, 1.165) is 11.1 Å². The lowest BCUT2D eigenvalue weighted by Gasteiger charge is -2.11. The van der Waals surface area contributed by atoms with E-state index in [1.165, 1.54) is 0 Å². The van der Waals surface area contributed by atoms with Crippen LogP contribution in [0.3, 0.4) is 0 Å². The number of hydrogen-bond donors (Lipinski definition) is 3. The molecule has 0 fully saturated rings. The minimum absolute atomic E-state index is 0.167. The molecule has 1 atom stereocenters. The van der Waals surface area contributed by atoms with Crippen molar-refractivity contribution in [3.63, 3.8) is 0 Å². The van der Waals surface area contributed by atoms with Gasteiger partial charge >= 0.3 is 0 Å². The molecule has 5 N–H and O–H groups in total. The van der Waals surface area contributed by atoms with Crippen LogP contribution in [0.4, 0.5) is 0 Å². The highest BCUT2D eigenvalue weighted by Gasteiger charge is 2.06. The second-order valence-electron chi connectivity index (χ2n) is 3.22. The van der Waals surface area contributed by atoms with Crippen molar-refractivity contribution in [2.24, 2.45) is 11.5 Å². The summed E-state index contributed by atoms with van der Waals surface area (Å²) in [6.07, 6.45) is 2.38. The molecule has 0 aliphatic rings. The lowest BCUT2D eigenvalue weighted by molar-refractivity contribution is 0.469. The number of hydrogen-bond acceptors (Lipinski definition) is 3. The van der Waals surface area contributed by atoms with Gasteiger partial charge < -0.3 is 16.6 Å². The van der Waals surface area contributed by atoms with Crippen LogP contribution in [0.5, 0.6) is 5.75 Å². The molecule has 0 aliphatic carbocycles. The predicted octanol–water partition coefficient (Wildman–Crippen LogP) is 1.08. The van der Waals surface area contributed by atoms with Gasteiger partial charge in [0.25, 0.3) is 0 Å². The highest BCUT2D eigenvalue weighted by molar-refractivity contribution is 5.38. The summed E-state index contributed by atoms with van der Waals surface area (Å²) in [4.78, 5) is 0. The fourth-order valence-electron chi connectivity index (χ4n) is 1.29. The Bertz CT molecular complexity index is 323. The average molecular weight is 192 g/mol. The van der Waals surface area contributed by atoms with E-state index < -0.39 is 0 Å². The molecule has 1 aromatic rings. The Hall–Kier alpha value is -1.32. The number of phenolic OH excluding ortho intramolecular Hbond substituents is 1. The summed E-state index contributed by atoms with van der Waals surface area (Å²) in [5.74, 6) is 0.276. The van der Waals surface area contributed by atoms with Gasteiger partial charge in [-0.05, 0) is 23.6 Å². The topological polar surface area (TPSA) is 72.3 Å². The van der Waals surface area contributed by atoms with Crippen molar-refractivity contribution in [2.75, 3.05) is 6.54 Å². The van der Waals surface area contributed by atoms with Crippen molar-refractivity contribution in [3.8, 4) is 5.75 Å². The number of benzene rings is 1. The second kappa shape index (κ2) is 4.79. The Morgan fingerprint density at radius 3 is 2.79 bits per heavy atom. The van der Waals surface area contributed by atoms with Gasteiger partial charge in [-0.3, -0.25) is 0 Å².